The minimum atomic E-state index is -0.665. The molecule has 3 N–H and O–H groups in total. The Morgan fingerprint density at radius 3 is 0.845 bits per heavy atom. The molecule has 0 aliphatic rings. The normalized spacial score (nSPS) is 12.6. The third kappa shape index (κ3) is 69.4. The lowest BCUT2D eigenvalue weighted by molar-refractivity contribution is -0.143. The first-order valence-corrected chi connectivity index (χ1v) is 38.6. The smallest absolute Gasteiger partial charge is 0.305 e. The Bertz CT molecular complexity index is 1320. The number of rotatable bonds is 73. The maximum atomic E-state index is 12.6. The highest BCUT2D eigenvalue weighted by Crippen LogP contribution is 2.19. The van der Waals surface area contributed by atoms with E-state index in [1.54, 1.807) is 0 Å². The van der Waals surface area contributed by atoms with Crippen LogP contribution in [-0.4, -0.2) is 47.4 Å². The quantitative estimate of drug-likeness (QED) is 0.0320. The van der Waals surface area contributed by atoms with E-state index in [-0.39, 0.29) is 18.5 Å². The van der Waals surface area contributed by atoms with Crippen LogP contribution in [0.25, 0.3) is 0 Å². The zero-order chi connectivity index (χ0) is 60.6. The number of amides is 1. The van der Waals surface area contributed by atoms with Crippen LogP contribution in [0.2, 0.25) is 0 Å². The summed E-state index contributed by atoms with van der Waals surface area (Å²) >= 11 is 0. The molecule has 6 heteroatoms. The zero-order valence-electron chi connectivity index (χ0n) is 57.2. The van der Waals surface area contributed by atoms with Crippen molar-refractivity contribution in [3.8, 4) is 0 Å². The van der Waals surface area contributed by atoms with Crippen LogP contribution in [0.5, 0.6) is 0 Å². The first kappa shape index (κ1) is 82.3. The van der Waals surface area contributed by atoms with E-state index in [0.29, 0.717) is 25.9 Å². The van der Waals surface area contributed by atoms with Crippen LogP contribution in [0.1, 0.15) is 438 Å². The van der Waals surface area contributed by atoms with Gasteiger partial charge in [0.05, 0.1) is 25.4 Å². The third-order valence-electron chi connectivity index (χ3n) is 18.2. The molecular formula is C78H151NO5. The van der Waals surface area contributed by atoms with E-state index >= 15 is 0 Å². The molecule has 498 valence electrons. The van der Waals surface area contributed by atoms with E-state index < -0.39 is 12.1 Å². The first-order valence-electron chi connectivity index (χ1n) is 38.6. The second-order valence-corrected chi connectivity index (χ2v) is 26.7. The Hall–Kier alpha value is -1.66. The summed E-state index contributed by atoms with van der Waals surface area (Å²) < 4.78 is 5.51. The summed E-state index contributed by atoms with van der Waals surface area (Å²) in [7, 11) is 0. The van der Waals surface area contributed by atoms with Gasteiger partial charge in [-0.2, -0.15) is 0 Å². The predicted octanol–water partition coefficient (Wildman–Crippen LogP) is 25.3. The summed E-state index contributed by atoms with van der Waals surface area (Å²) in [6.45, 7) is 5.00. The molecule has 0 saturated heterocycles. The van der Waals surface area contributed by atoms with Crippen LogP contribution in [0.15, 0.2) is 24.3 Å². The Labute approximate surface area is 526 Å². The highest BCUT2D eigenvalue weighted by Gasteiger charge is 2.20. The lowest BCUT2D eigenvalue weighted by atomic mass is 10.0. The Morgan fingerprint density at radius 2 is 0.560 bits per heavy atom. The number of hydrogen-bond acceptors (Lipinski definition) is 5. The van der Waals surface area contributed by atoms with Crippen LogP contribution in [0.3, 0.4) is 0 Å². The number of allylic oxidation sites excluding steroid dienone is 4. The summed E-state index contributed by atoms with van der Waals surface area (Å²) in [6, 6.07) is -0.542. The summed E-state index contributed by atoms with van der Waals surface area (Å²) in [6.07, 6.45) is 93.9. The molecule has 6 nitrogen and oxygen atoms in total. The van der Waals surface area contributed by atoms with Crippen LogP contribution in [0, 0.1) is 0 Å². The molecule has 0 aliphatic heterocycles. The molecule has 84 heavy (non-hydrogen) atoms. The van der Waals surface area contributed by atoms with Crippen molar-refractivity contribution in [1.82, 2.24) is 5.32 Å². The summed E-state index contributed by atoms with van der Waals surface area (Å²) in [5.74, 6) is -0.0159. The van der Waals surface area contributed by atoms with Crippen LogP contribution < -0.4 is 5.32 Å². The van der Waals surface area contributed by atoms with Crippen molar-refractivity contribution in [3.63, 3.8) is 0 Å². The molecule has 0 aromatic heterocycles. The van der Waals surface area contributed by atoms with Crippen molar-refractivity contribution < 1.29 is 24.5 Å². The average Bonchev–Trinajstić information content (AvgIpc) is 3.53. The maximum absolute atomic E-state index is 12.6. The first-order chi connectivity index (χ1) is 41.5. The SMILES string of the molecule is CCCCCCCCC/C=C\CCCCCCCCCC(=O)OCCCCCCCCCCCCCC/C=C\CCCCCCCCCCCCCCC(=O)NC(CO)C(O)CCCCCCCCCCCCCCCCCCCCCCC. The molecule has 0 spiro atoms. The van der Waals surface area contributed by atoms with Gasteiger partial charge in [0.15, 0.2) is 0 Å². The van der Waals surface area contributed by atoms with Crippen molar-refractivity contribution >= 4 is 11.9 Å². The Kier molecular flexibility index (Phi) is 72.3. The molecule has 2 unspecified atom stereocenters. The lowest BCUT2D eigenvalue weighted by Crippen LogP contribution is -2.45. The van der Waals surface area contributed by atoms with Crippen LogP contribution >= 0.6 is 0 Å². The van der Waals surface area contributed by atoms with Gasteiger partial charge in [0, 0.05) is 12.8 Å². The number of carbonyl (C=O) groups excluding carboxylic acids is 2. The van der Waals surface area contributed by atoms with Crippen molar-refractivity contribution in [2.45, 2.75) is 450 Å². The lowest BCUT2D eigenvalue weighted by Gasteiger charge is -2.22. The third-order valence-corrected chi connectivity index (χ3v) is 18.2. The largest absolute Gasteiger partial charge is 0.466 e. The average molecular weight is 1180 g/mol. The van der Waals surface area contributed by atoms with Crippen molar-refractivity contribution in [2.24, 2.45) is 0 Å². The highest BCUT2D eigenvalue weighted by molar-refractivity contribution is 5.76. The van der Waals surface area contributed by atoms with Gasteiger partial charge in [-0.25, -0.2) is 0 Å². The number of aliphatic hydroxyl groups excluding tert-OH is 2. The predicted molar refractivity (Wildman–Crippen MR) is 370 cm³/mol. The number of esters is 1. The second-order valence-electron chi connectivity index (χ2n) is 26.7. The van der Waals surface area contributed by atoms with Gasteiger partial charge >= 0.3 is 5.97 Å². The monoisotopic (exact) mass is 1180 g/mol. The molecule has 0 rings (SSSR count). The van der Waals surface area contributed by atoms with Gasteiger partial charge in [-0.1, -0.05) is 372 Å². The van der Waals surface area contributed by atoms with Crippen molar-refractivity contribution in [1.29, 1.82) is 0 Å². The second kappa shape index (κ2) is 73.8. The molecule has 0 saturated carbocycles. The highest BCUT2D eigenvalue weighted by atomic mass is 16.5. The van der Waals surface area contributed by atoms with E-state index in [1.165, 1.54) is 360 Å². The van der Waals surface area contributed by atoms with E-state index in [4.69, 9.17) is 4.74 Å². The van der Waals surface area contributed by atoms with Crippen molar-refractivity contribution in [3.05, 3.63) is 24.3 Å². The number of aliphatic hydroxyl groups is 2. The summed E-state index contributed by atoms with van der Waals surface area (Å²) in [5.41, 5.74) is 0. The molecule has 0 heterocycles. The molecule has 0 radical (unpaired) electrons. The molecule has 0 bridgehead atoms. The topological polar surface area (TPSA) is 95.9 Å². The van der Waals surface area contributed by atoms with Gasteiger partial charge in [0.2, 0.25) is 5.91 Å². The Balaban J connectivity index is 3.37. The minimum Gasteiger partial charge on any atom is -0.466 e. The van der Waals surface area contributed by atoms with E-state index in [9.17, 15) is 19.8 Å². The van der Waals surface area contributed by atoms with Gasteiger partial charge in [-0.3, -0.25) is 9.59 Å². The van der Waals surface area contributed by atoms with Gasteiger partial charge in [0.25, 0.3) is 0 Å². The van der Waals surface area contributed by atoms with Gasteiger partial charge in [-0.05, 0) is 77.0 Å². The van der Waals surface area contributed by atoms with E-state index in [2.05, 4.69) is 43.5 Å². The molecule has 0 fully saturated rings. The zero-order valence-corrected chi connectivity index (χ0v) is 57.2. The maximum Gasteiger partial charge on any atom is 0.305 e. The number of ether oxygens (including phenoxy) is 1. The fraction of sp³-hybridized carbons (Fsp3) is 0.923. The molecule has 2 atom stereocenters. The molecule has 0 aromatic carbocycles. The van der Waals surface area contributed by atoms with Gasteiger partial charge in [-0.15, -0.1) is 0 Å². The summed E-state index contributed by atoms with van der Waals surface area (Å²) in [4.78, 5) is 24.7. The van der Waals surface area contributed by atoms with Gasteiger partial charge in [0.1, 0.15) is 0 Å². The van der Waals surface area contributed by atoms with Crippen LogP contribution in [0.4, 0.5) is 0 Å². The number of unbranched alkanes of at least 4 members (excludes halogenated alkanes) is 58. The standard InChI is InChI=1S/C78H151NO5/c1-3-5-7-9-11-13-15-17-19-21-23-32-35-38-42-46-50-54-58-62-66-70-76(81)75(74-80)79-77(82)71-67-63-59-55-51-47-43-39-36-33-30-28-26-24-25-27-29-31-34-37-41-45-49-53-57-61-65-69-73-84-78(83)72-68-64-60-56-52-48-44-40-22-20-18-16-14-12-10-8-6-4-2/h20,22,24-25,75-76,80-81H,3-19,21,23,26-74H2,1-2H3,(H,79,82)/b22-20-,25-24-. The fourth-order valence-corrected chi connectivity index (χ4v) is 12.3. The minimum absolute atomic E-state index is 0.0140. The van der Waals surface area contributed by atoms with Crippen molar-refractivity contribution in [2.75, 3.05) is 13.2 Å². The van der Waals surface area contributed by atoms with E-state index in [0.717, 1.165) is 44.9 Å². The number of carbonyl (C=O) groups is 2. The molecule has 0 aromatic rings. The molecule has 1 amide bonds. The number of nitrogens with one attached hydrogen (secondary N) is 1. The summed E-state index contributed by atoms with van der Waals surface area (Å²) in [5, 5.41) is 23.4. The molecule has 0 aliphatic carbocycles. The fourth-order valence-electron chi connectivity index (χ4n) is 12.3. The Morgan fingerprint density at radius 1 is 0.321 bits per heavy atom. The number of hydrogen-bond donors (Lipinski definition) is 3. The van der Waals surface area contributed by atoms with Crippen LogP contribution in [-0.2, 0) is 14.3 Å². The molecular weight excluding hydrogens is 1030 g/mol. The van der Waals surface area contributed by atoms with Gasteiger partial charge < -0.3 is 20.3 Å². The van der Waals surface area contributed by atoms with E-state index in [1.807, 2.05) is 0 Å².